The minimum atomic E-state index is -0.964. The van der Waals surface area contributed by atoms with E-state index in [1.54, 1.807) is 6.07 Å². The molecular formula is C31H37NO4. The fourth-order valence-corrected chi connectivity index (χ4v) is 4.92. The molecule has 0 saturated heterocycles. The van der Waals surface area contributed by atoms with E-state index in [0.29, 0.717) is 24.8 Å². The number of ether oxygens (including phenoxy) is 1. The van der Waals surface area contributed by atoms with Crippen molar-refractivity contribution < 1.29 is 19.7 Å². The molecule has 36 heavy (non-hydrogen) atoms. The van der Waals surface area contributed by atoms with Crippen molar-refractivity contribution in [3.63, 3.8) is 0 Å². The second kappa shape index (κ2) is 12.7. The molecule has 0 bridgehead atoms. The van der Waals surface area contributed by atoms with Gasteiger partial charge in [0.25, 0.3) is 0 Å². The molecule has 0 heterocycles. The van der Waals surface area contributed by atoms with E-state index < -0.39 is 12.1 Å². The second-order valence-electron chi connectivity index (χ2n) is 9.97. The first-order valence-corrected chi connectivity index (χ1v) is 13.1. The van der Waals surface area contributed by atoms with Gasteiger partial charge in [0, 0.05) is 12.6 Å². The lowest BCUT2D eigenvalue weighted by Crippen LogP contribution is -2.32. The average molecular weight is 488 g/mol. The maximum atomic E-state index is 11.7. The van der Waals surface area contributed by atoms with Crippen molar-refractivity contribution in [3.8, 4) is 16.9 Å². The number of benzene rings is 3. The smallest absolute Gasteiger partial charge is 0.339 e. The number of rotatable bonds is 11. The summed E-state index contributed by atoms with van der Waals surface area (Å²) in [6, 6.07) is 23.6. The highest BCUT2D eigenvalue weighted by Crippen LogP contribution is 2.30. The lowest BCUT2D eigenvalue weighted by molar-refractivity contribution is 0.0690. The quantitative estimate of drug-likeness (QED) is 0.297. The molecule has 1 fully saturated rings. The number of carbonyl (C=O) groups is 1. The highest BCUT2D eigenvalue weighted by Gasteiger charge is 2.18. The highest BCUT2D eigenvalue weighted by molar-refractivity contribution is 5.92. The maximum Gasteiger partial charge on any atom is 0.339 e. The van der Waals surface area contributed by atoms with Gasteiger partial charge in [-0.05, 0) is 66.5 Å². The number of hydrogen-bond acceptors (Lipinski definition) is 4. The summed E-state index contributed by atoms with van der Waals surface area (Å²) in [4.78, 5) is 11.7. The van der Waals surface area contributed by atoms with Gasteiger partial charge in [0.15, 0.2) is 0 Å². The van der Waals surface area contributed by atoms with Gasteiger partial charge in [-0.25, -0.2) is 4.79 Å². The van der Waals surface area contributed by atoms with E-state index in [0.717, 1.165) is 36.0 Å². The first-order chi connectivity index (χ1) is 17.5. The van der Waals surface area contributed by atoms with Gasteiger partial charge < -0.3 is 20.3 Å². The summed E-state index contributed by atoms with van der Waals surface area (Å²) in [7, 11) is 0. The lowest BCUT2D eigenvalue weighted by Gasteiger charge is -2.22. The predicted molar refractivity (Wildman–Crippen MR) is 143 cm³/mol. The molecule has 0 unspecified atom stereocenters. The topological polar surface area (TPSA) is 78.8 Å². The summed E-state index contributed by atoms with van der Waals surface area (Å²) in [6.07, 6.45) is 6.37. The van der Waals surface area contributed by atoms with Crippen LogP contribution < -0.4 is 10.1 Å². The molecule has 0 amide bonds. The normalized spacial score (nSPS) is 15.8. The van der Waals surface area contributed by atoms with Gasteiger partial charge in [-0.3, -0.25) is 0 Å². The molecule has 3 aromatic rings. The summed E-state index contributed by atoms with van der Waals surface area (Å²) in [5, 5.41) is 23.4. The van der Waals surface area contributed by atoms with Crippen molar-refractivity contribution in [1.29, 1.82) is 0 Å². The van der Waals surface area contributed by atoms with Gasteiger partial charge in [-0.2, -0.15) is 0 Å². The monoisotopic (exact) mass is 487 g/mol. The molecule has 1 aliphatic carbocycles. The molecule has 190 valence electrons. The van der Waals surface area contributed by atoms with Crippen LogP contribution in [-0.2, 0) is 6.42 Å². The molecule has 5 heteroatoms. The van der Waals surface area contributed by atoms with E-state index in [1.807, 2.05) is 42.5 Å². The van der Waals surface area contributed by atoms with Crippen molar-refractivity contribution in [1.82, 2.24) is 5.32 Å². The Morgan fingerprint density at radius 1 is 0.972 bits per heavy atom. The molecule has 5 nitrogen and oxygen atoms in total. The van der Waals surface area contributed by atoms with Crippen molar-refractivity contribution in [3.05, 3.63) is 89.5 Å². The first-order valence-electron chi connectivity index (χ1n) is 13.1. The standard InChI is InChI=1S/C31H37NO4/c1-22(32-20-29(33)26-10-6-3-7-11-26)18-23-12-14-25(15-13-23)27-16-17-28(31(34)35)30(19-27)36-21-24-8-4-2-5-9-24/h3,6-7,10-17,19,22,24,29,32-33H,2,4-5,8-9,18,20-21H2,1H3,(H,34,35)/t22-,29+/m1/s1. The molecule has 2 atom stereocenters. The summed E-state index contributed by atoms with van der Waals surface area (Å²) in [5.74, 6) is -0.00778. The van der Waals surface area contributed by atoms with Crippen molar-refractivity contribution in [2.24, 2.45) is 5.92 Å². The molecule has 0 aromatic heterocycles. The Hall–Kier alpha value is -3.15. The summed E-state index contributed by atoms with van der Waals surface area (Å²) >= 11 is 0. The first kappa shape index (κ1) is 25.9. The Morgan fingerprint density at radius 2 is 1.67 bits per heavy atom. The number of aliphatic hydroxyl groups is 1. The van der Waals surface area contributed by atoms with E-state index in [9.17, 15) is 15.0 Å². The zero-order valence-electron chi connectivity index (χ0n) is 21.0. The Bertz CT molecular complexity index is 1110. The van der Waals surface area contributed by atoms with Gasteiger partial charge in [0.05, 0.1) is 12.7 Å². The van der Waals surface area contributed by atoms with Crippen LogP contribution in [-0.4, -0.2) is 35.4 Å². The van der Waals surface area contributed by atoms with E-state index >= 15 is 0 Å². The van der Waals surface area contributed by atoms with Gasteiger partial charge >= 0.3 is 5.97 Å². The molecule has 1 aliphatic rings. The molecule has 0 aliphatic heterocycles. The number of hydrogen-bond donors (Lipinski definition) is 3. The lowest BCUT2D eigenvalue weighted by atomic mass is 9.90. The van der Waals surface area contributed by atoms with Crippen molar-refractivity contribution in [2.75, 3.05) is 13.2 Å². The average Bonchev–Trinajstić information content (AvgIpc) is 2.92. The number of carboxylic acids is 1. The predicted octanol–water partition coefficient (Wildman–Crippen LogP) is 6.27. The Kier molecular flexibility index (Phi) is 9.15. The maximum absolute atomic E-state index is 11.7. The molecule has 3 N–H and O–H groups in total. The van der Waals surface area contributed by atoms with Crippen molar-refractivity contribution >= 4 is 5.97 Å². The number of nitrogens with one attached hydrogen (secondary N) is 1. The zero-order chi connectivity index (χ0) is 25.3. The van der Waals surface area contributed by atoms with Crippen LogP contribution in [0, 0.1) is 5.92 Å². The Balaban J connectivity index is 1.36. The SMILES string of the molecule is C[C@H](Cc1ccc(-c2ccc(C(=O)O)c(OCC3CCCCC3)c2)cc1)NC[C@H](O)c1ccccc1. The van der Waals surface area contributed by atoms with Crippen LogP contribution in [0.1, 0.15) is 66.6 Å². The van der Waals surface area contributed by atoms with Crippen LogP contribution in [0.5, 0.6) is 5.75 Å². The van der Waals surface area contributed by atoms with Crippen LogP contribution >= 0.6 is 0 Å². The fraction of sp³-hybridized carbons (Fsp3) is 0.387. The molecule has 4 rings (SSSR count). The van der Waals surface area contributed by atoms with E-state index in [-0.39, 0.29) is 11.6 Å². The third kappa shape index (κ3) is 7.19. The van der Waals surface area contributed by atoms with Crippen LogP contribution in [0.15, 0.2) is 72.8 Å². The zero-order valence-corrected chi connectivity index (χ0v) is 21.0. The molecule has 3 aromatic carbocycles. The van der Waals surface area contributed by atoms with Crippen LogP contribution in [0.25, 0.3) is 11.1 Å². The van der Waals surface area contributed by atoms with E-state index in [1.165, 1.54) is 24.8 Å². The third-order valence-electron chi connectivity index (χ3n) is 7.08. The Labute approximate surface area is 214 Å². The summed E-state index contributed by atoms with van der Waals surface area (Å²) < 4.78 is 6.05. The van der Waals surface area contributed by atoms with Crippen LogP contribution in [0.3, 0.4) is 0 Å². The van der Waals surface area contributed by atoms with Crippen molar-refractivity contribution in [2.45, 2.75) is 57.6 Å². The molecular weight excluding hydrogens is 450 g/mol. The van der Waals surface area contributed by atoms with E-state index in [4.69, 9.17) is 4.74 Å². The summed E-state index contributed by atoms with van der Waals surface area (Å²) in [6.45, 7) is 3.20. The third-order valence-corrected chi connectivity index (χ3v) is 7.08. The number of aliphatic hydroxyl groups excluding tert-OH is 1. The molecule has 0 spiro atoms. The van der Waals surface area contributed by atoms with Gasteiger partial charge in [0.1, 0.15) is 11.3 Å². The summed E-state index contributed by atoms with van der Waals surface area (Å²) in [5.41, 5.74) is 4.30. The minimum absolute atomic E-state index is 0.212. The van der Waals surface area contributed by atoms with Crippen LogP contribution in [0.2, 0.25) is 0 Å². The largest absolute Gasteiger partial charge is 0.492 e. The number of aromatic carboxylic acids is 1. The van der Waals surface area contributed by atoms with Crippen LogP contribution in [0.4, 0.5) is 0 Å². The number of carboxylic acid groups (broad SMARTS) is 1. The van der Waals surface area contributed by atoms with Gasteiger partial charge in [-0.15, -0.1) is 0 Å². The highest BCUT2D eigenvalue weighted by atomic mass is 16.5. The minimum Gasteiger partial charge on any atom is -0.492 e. The second-order valence-corrected chi connectivity index (χ2v) is 9.97. The van der Waals surface area contributed by atoms with Gasteiger partial charge in [0.2, 0.25) is 0 Å². The Morgan fingerprint density at radius 3 is 2.36 bits per heavy atom. The fourth-order valence-electron chi connectivity index (χ4n) is 4.92. The van der Waals surface area contributed by atoms with Gasteiger partial charge in [-0.1, -0.05) is 79.9 Å². The molecule has 1 saturated carbocycles. The molecule has 0 radical (unpaired) electrons. The van der Waals surface area contributed by atoms with E-state index in [2.05, 4.69) is 36.5 Å².